The van der Waals surface area contributed by atoms with E-state index < -0.39 is 25.8 Å². The Morgan fingerprint density at radius 3 is 2.35 bits per heavy atom. The molecule has 1 amide bonds. The third-order valence-electron chi connectivity index (χ3n) is 6.69. The summed E-state index contributed by atoms with van der Waals surface area (Å²) in [5.41, 5.74) is 0.387. The summed E-state index contributed by atoms with van der Waals surface area (Å²) in [4.78, 5) is 14.9. The molecule has 1 aliphatic heterocycles. The Bertz CT molecular complexity index is 1390. The number of ether oxygens (including phenoxy) is 1. The molecular formula is C27H31ClFN3O4S. The van der Waals surface area contributed by atoms with Crippen molar-refractivity contribution in [3.8, 4) is 0 Å². The molecule has 1 saturated heterocycles. The van der Waals surface area contributed by atoms with Gasteiger partial charge in [-0.1, -0.05) is 38.4 Å². The number of nitrogens with zero attached hydrogens (tertiary/aromatic N) is 3. The summed E-state index contributed by atoms with van der Waals surface area (Å²) >= 11 is 5.98. The second-order valence-corrected chi connectivity index (χ2v) is 13.1. The van der Waals surface area contributed by atoms with Crippen LogP contribution in [0, 0.1) is 11.2 Å². The number of rotatable bonds is 6. The second kappa shape index (κ2) is 10.2. The molecule has 10 heteroatoms. The number of amides is 1. The molecule has 0 N–H and O–H groups in total. The van der Waals surface area contributed by atoms with Gasteiger partial charge < -0.3 is 9.64 Å². The summed E-state index contributed by atoms with van der Waals surface area (Å²) in [5, 5.41) is 4.57. The van der Waals surface area contributed by atoms with Crippen LogP contribution in [0.3, 0.4) is 0 Å². The summed E-state index contributed by atoms with van der Waals surface area (Å²) in [6.07, 6.45) is 3.75. The van der Waals surface area contributed by atoms with E-state index in [0.717, 1.165) is 5.56 Å². The van der Waals surface area contributed by atoms with Gasteiger partial charge in [0.2, 0.25) is 5.91 Å². The summed E-state index contributed by atoms with van der Waals surface area (Å²) in [6.45, 7) is 5.90. The molecule has 0 radical (unpaired) electrons. The van der Waals surface area contributed by atoms with Crippen LogP contribution in [0.15, 0.2) is 59.8 Å². The fourth-order valence-electron chi connectivity index (χ4n) is 4.67. The van der Waals surface area contributed by atoms with E-state index in [1.54, 1.807) is 51.0 Å². The Balaban J connectivity index is 1.80. The molecule has 198 valence electrons. The van der Waals surface area contributed by atoms with Crippen molar-refractivity contribution in [2.45, 2.75) is 49.8 Å². The lowest BCUT2D eigenvalue weighted by atomic mass is 9.89. The standard InChI is InChI=1S/C27H31ClFN3O4S/c1-26(2,3)25(33)32(18-19-16-30-31(4)17-19)24-10-5-20(15-23(24)29)27(11-13-36-14-12-27)37(34,35)22-8-6-21(28)7-9-22/h5-10,15-17H,11-14,18H2,1-4H3. The Kier molecular flexibility index (Phi) is 7.52. The highest BCUT2D eigenvalue weighted by Crippen LogP contribution is 2.45. The summed E-state index contributed by atoms with van der Waals surface area (Å²) in [5.74, 6) is -0.936. The maximum atomic E-state index is 15.9. The van der Waals surface area contributed by atoms with Gasteiger partial charge in [0.05, 0.1) is 23.3 Å². The molecule has 2 heterocycles. The molecule has 0 bridgehead atoms. The van der Waals surface area contributed by atoms with Crippen LogP contribution in [-0.4, -0.2) is 37.3 Å². The minimum absolute atomic E-state index is 0.0821. The van der Waals surface area contributed by atoms with E-state index >= 15 is 4.39 Å². The van der Waals surface area contributed by atoms with Crippen LogP contribution in [-0.2, 0) is 37.7 Å². The minimum atomic E-state index is -3.93. The number of aryl methyl sites for hydroxylation is 1. The number of carbonyl (C=O) groups excluding carboxylic acids is 1. The highest BCUT2D eigenvalue weighted by molar-refractivity contribution is 7.92. The van der Waals surface area contributed by atoms with Crippen LogP contribution >= 0.6 is 11.6 Å². The van der Waals surface area contributed by atoms with Crippen LogP contribution in [0.1, 0.15) is 44.7 Å². The van der Waals surface area contributed by atoms with Crippen molar-refractivity contribution in [3.05, 3.63) is 76.8 Å². The zero-order valence-electron chi connectivity index (χ0n) is 21.4. The topological polar surface area (TPSA) is 81.5 Å². The fourth-order valence-corrected chi connectivity index (χ4v) is 6.88. The highest BCUT2D eigenvalue weighted by Gasteiger charge is 2.48. The van der Waals surface area contributed by atoms with Crippen molar-refractivity contribution < 1.29 is 22.3 Å². The Morgan fingerprint density at radius 2 is 1.81 bits per heavy atom. The molecule has 7 nitrogen and oxygen atoms in total. The third-order valence-corrected chi connectivity index (χ3v) is 9.51. The molecule has 4 rings (SSSR count). The Morgan fingerprint density at radius 1 is 1.16 bits per heavy atom. The number of aromatic nitrogens is 2. The van der Waals surface area contributed by atoms with Gasteiger partial charge in [0.25, 0.3) is 0 Å². The molecule has 0 unspecified atom stereocenters. The van der Waals surface area contributed by atoms with Crippen molar-refractivity contribution in [3.63, 3.8) is 0 Å². The smallest absolute Gasteiger partial charge is 0.232 e. The third kappa shape index (κ3) is 5.30. The lowest BCUT2D eigenvalue weighted by Gasteiger charge is -2.37. The number of benzene rings is 2. The van der Waals surface area contributed by atoms with Crippen molar-refractivity contribution in [1.82, 2.24) is 9.78 Å². The molecule has 0 atom stereocenters. The van der Waals surface area contributed by atoms with E-state index in [0.29, 0.717) is 10.6 Å². The van der Waals surface area contributed by atoms with Gasteiger partial charge in [0, 0.05) is 42.5 Å². The molecule has 1 fully saturated rings. The first-order valence-corrected chi connectivity index (χ1v) is 13.9. The maximum Gasteiger partial charge on any atom is 0.232 e. The van der Waals surface area contributed by atoms with Crippen molar-refractivity contribution >= 4 is 33.0 Å². The van der Waals surface area contributed by atoms with Gasteiger partial charge in [-0.25, -0.2) is 12.8 Å². The summed E-state index contributed by atoms with van der Waals surface area (Å²) < 4.78 is 49.5. The molecular weight excluding hydrogens is 517 g/mol. The largest absolute Gasteiger partial charge is 0.381 e. The number of sulfone groups is 1. The lowest BCUT2D eigenvalue weighted by molar-refractivity contribution is -0.126. The van der Waals surface area contributed by atoms with Crippen molar-refractivity contribution in [1.29, 1.82) is 0 Å². The number of anilines is 1. The molecule has 0 aliphatic carbocycles. The minimum Gasteiger partial charge on any atom is -0.381 e. The monoisotopic (exact) mass is 547 g/mol. The second-order valence-electron chi connectivity index (χ2n) is 10.4. The predicted molar refractivity (Wildman–Crippen MR) is 141 cm³/mol. The van der Waals surface area contributed by atoms with E-state index in [9.17, 15) is 13.2 Å². The number of carbonyl (C=O) groups is 1. The zero-order valence-corrected chi connectivity index (χ0v) is 22.9. The van der Waals surface area contributed by atoms with Crippen molar-refractivity contribution in [2.75, 3.05) is 18.1 Å². The maximum absolute atomic E-state index is 15.9. The van der Waals surface area contributed by atoms with Gasteiger partial charge >= 0.3 is 0 Å². The molecule has 1 aliphatic rings. The average molecular weight is 548 g/mol. The molecule has 0 saturated carbocycles. The molecule has 2 aromatic carbocycles. The zero-order chi connectivity index (χ0) is 27.0. The van der Waals surface area contributed by atoms with Gasteiger partial charge in [-0.15, -0.1) is 0 Å². The van der Waals surface area contributed by atoms with Crippen LogP contribution in [0.5, 0.6) is 0 Å². The molecule has 37 heavy (non-hydrogen) atoms. The van der Waals surface area contributed by atoms with Crippen LogP contribution in [0.2, 0.25) is 5.02 Å². The van der Waals surface area contributed by atoms with E-state index in [4.69, 9.17) is 16.3 Å². The molecule has 0 spiro atoms. The first-order chi connectivity index (χ1) is 17.3. The van der Waals surface area contributed by atoms with E-state index in [-0.39, 0.29) is 49.1 Å². The van der Waals surface area contributed by atoms with Gasteiger partial charge in [-0.2, -0.15) is 5.10 Å². The van der Waals surface area contributed by atoms with Crippen LogP contribution in [0.25, 0.3) is 0 Å². The van der Waals surface area contributed by atoms with Gasteiger partial charge in [0.1, 0.15) is 10.6 Å². The van der Waals surface area contributed by atoms with Gasteiger partial charge in [-0.05, 0) is 54.8 Å². The number of hydrogen-bond donors (Lipinski definition) is 0. The SMILES string of the molecule is Cn1cc(CN(C(=O)C(C)(C)C)c2ccc(C3(S(=O)(=O)c4ccc(Cl)cc4)CCOCC3)cc2F)cn1. The predicted octanol–water partition coefficient (Wildman–Crippen LogP) is 5.27. The average Bonchev–Trinajstić information content (AvgIpc) is 3.27. The van der Waals surface area contributed by atoms with E-state index in [1.165, 1.54) is 41.3 Å². The fraction of sp³-hybridized carbons (Fsp3) is 0.407. The van der Waals surface area contributed by atoms with E-state index in [1.807, 2.05) is 0 Å². The van der Waals surface area contributed by atoms with Crippen molar-refractivity contribution in [2.24, 2.45) is 12.5 Å². The van der Waals surface area contributed by atoms with Crippen LogP contribution < -0.4 is 4.90 Å². The van der Waals surface area contributed by atoms with Gasteiger partial charge in [-0.3, -0.25) is 9.48 Å². The quantitative estimate of drug-likeness (QED) is 0.420. The summed E-state index contributed by atoms with van der Waals surface area (Å²) in [7, 11) is -2.16. The Labute approximate surface area is 222 Å². The summed E-state index contributed by atoms with van der Waals surface area (Å²) in [6, 6.07) is 10.4. The Hall–Kier alpha value is -2.75. The first kappa shape index (κ1) is 27.3. The molecule has 1 aromatic heterocycles. The molecule has 3 aromatic rings. The normalized spacial score (nSPS) is 15.9. The number of hydrogen-bond acceptors (Lipinski definition) is 5. The van der Waals surface area contributed by atoms with E-state index in [2.05, 4.69) is 5.10 Å². The lowest BCUT2D eigenvalue weighted by Crippen LogP contribution is -2.42. The highest BCUT2D eigenvalue weighted by atomic mass is 35.5. The van der Waals surface area contributed by atoms with Gasteiger partial charge in [0.15, 0.2) is 9.84 Å². The number of halogens is 2. The first-order valence-electron chi connectivity index (χ1n) is 12.0. The van der Waals surface area contributed by atoms with Crippen LogP contribution in [0.4, 0.5) is 10.1 Å².